The van der Waals surface area contributed by atoms with Gasteiger partial charge in [0.1, 0.15) is 6.07 Å². The third-order valence-electron chi connectivity index (χ3n) is 2.55. The van der Waals surface area contributed by atoms with Crippen LogP contribution in [0.15, 0.2) is 12.3 Å². The molecular formula is C12H19N5. The molecule has 0 aliphatic heterocycles. The zero-order valence-corrected chi connectivity index (χ0v) is 10.5. The van der Waals surface area contributed by atoms with Gasteiger partial charge in [-0.2, -0.15) is 10.4 Å². The molecule has 0 spiro atoms. The van der Waals surface area contributed by atoms with Crippen LogP contribution in [0.4, 0.5) is 5.82 Å². The molecule has 0 amide bonds. The van der Waals surface area contributed by atoms with E-state index in [0.29, 0.717) is 11.4 Å². The van der Waals surface area contributed by atoms with E-state index in [-0.39, 0.29) is 0 Å². The van der Waals surface area contributed by atoms with Crippen molar-refractivity contribution in [1.29, 1.82) is 5.26 Å². The first-order chi connectivity index (χ1) is 8.31. The molecule has 92 valence electrons. The van der Waals surface area contributed by atoms with Gasteiger partial charge in [0.25, 0.3) is 0 Å². The topological polar surface area (TPSA) is 64.8 Å². The molecule has 5 heteroatoms. The first-order valence-electron chi connectivity index (χ1n) is 5.99. The highest BCUT2D eigenvalue weighted by atomic mass is 15.2. The Morgan fingerprint density at radius 2 is 2.24 bits per heavy atom. The molecule has 1 heterocycles. The van der Waals surface area contributed by atoms with Gasteiger partial charge in [0.2, 0.25) is 0 Å². The van der Waals surface area contributed by atoms with Crippen LogP contribution in [0.5, 0.6) is 0 Å². The Morgan fingerprint density at radius 3 is 2.88 bits per heavy atom. The Labute approximate surface area is 102 Å². The number of anilines is 1. The van der Waals surface area contributed by atoms with Gasteiger partial charge in [0, 0.05) is 13.1 Å². The van der Waals surface area contributed by atoms with Gasteiger partial charge in [-0.15, -0.1) is 5.10 Å². The number of nitrogens with one attached hydrogen (secondary N) is 1. The number of aromatic nitrogens is 2. The van der Waals surface area contributed by atoms with E-state index in [4.69, 9.17) is 5.26 Å². The lowest BCUT2D eigenvalue weighted by Gasteiger charge is -2.19. The quantitative estimate of drug-likeness (QED) is 0.773. The average Bonchev–Trinajstić information content (AvgIpc) is 2.38. The van der Waals surface area contributed by atoms with Crippen LogP contribution in [0.3, 0.4) is 0 Å². The van der Waals surface area contributed by atoms with E-state index >= 15 is 0 Å². The first-order valence-corrected chi connectivity index (χ1v) is 5.99. The van der Waals surface area contributed by atoms with Gasteiger partial charge < -0.3 is 10.2 Å². The average molecular weight is 233 g/mol. The van der Waals surface area contributed by atoms with E-state index in [9.17, 15) is 0 Å². The summed E-state index contributed by atoms with van der Waals surface area (Å²) in [6.45, 7) is 8.20. The Bertz CT molecular complexity index is 371. The summed E-state index contributed by atoms with van der Waals surface area (Å²) in [5, 5.41) is 19.7. The second-order valence-electron chi connectivity index (χ2n) is 3.77. The van der Waals surface area contributed by atoms with E-state index in [1.54, 1.807) is 6.07 Å². The van der Waals surface area contributed by atoms with Crippen molar-refractivity contribution in [2.75, 3.05) is 31.5 Å². The van der Waals surface area contributed by atoms with Crippen LogP contribution in [0.25, 0.3) is 0 Å². The SMILES string of the molecule is CCCN(CC)CCNc1nnccc1C#N. The van der Waals surface area contributed by atoms with Crippen LogP contribution in [0, 0.1) is 11.3 Å². The summed E-state index contributed by atoms with van der Waals surface area (Å²) < 4.78 is 0. The highest BCUT2D eigenvalue weighted by molar-refractivity contribution is 5.49. The fourth-order valence-electron chi connectivity index (χ4n) is 1.63. The zero-order chi connectivity index (χ0) is 12.5. The maximum absolute atomic E-state index is 8.89. The van der Waals surface area contributed by atoms with Gasteiger partial charge in [-0.25, -0.2) is 0 Å². The zero-order valence-electron chi connectivity index (χ0n) is 10.5. The Hall–Kier alpha value is -1.67. The van der Waals surface area contributed by atoms with Gasteiger partial charge in [-0.05, 0) is 25.6 Å². The predicted molar refractivity (Wildman–Crippen MR) is 67.6 cm³/mol. The number of nitrogens with zero attached hydrogens (tertiary/aromatic N) is 4. The first kappa shape index (κ1) is 13.4. The van der Waals surface area contributed by atoms with Crippen LogP contribution in [0.1, 0.15) is 25.8 Å². The molecule has 5 nitrogen and oxygen atoms in total. The van der Waals surface area contributed by atoms with Gasteiger partial charge >= 0.3 is 0 Å². The van der Waals surface area contributed by atoms with Crippen LogP contribution >= 0.6 is 0 Å². The molecule has 0 fully saturated rings. The lowest BCUT2D eigenvalue weighted by atomic mass is 10.3. The van der Waals surface area contributed by atoms with Crippen molar-refractivity contribution >= 4 is 5.82 Å². The van der Waals surface area contributed by atoms with Gasteiger partial charge in [-0.1, -0.05) is 13.8 Å². The summed E-state index contributed by atoms with van der Waals surface area (Å²) in [5.74, 6) is 0.572. The Kier molecular flexibility index (Phi) is 5.97. The summed E-state index contributed by atoms with van der Waals surface area (Å²) in [5.41, 5.74) is 0.540. The maximum atomic E-state index is 8.89. The molecule has 0 saturated heterocycles. The van der Waals surface area contributed by atoms with Crippen molar-refractivity contribution in [1.82, 2.24) is 15.1 Å². The summed E-state index contributed by atoms with van der Waals surface area (Å²) in [6.07, 6.45) is 2.68. The minimum Gasteiger partial charge on any atom is -0.366 e. The molecule has 1 aromatic heterocycles. The lowest BCUT2D eigenvalue weighted by Crippen LogP contribution is -2.29. The van der Waals surface area contributed by atoms with Gasteiger partial charge in [0.15, 0.2) is 5.82 Å². The van der Waals surface area contributed by atoms with Crippen molar-refractivity contribution < 1.29 is 0 Å². The van der Waals surface area contributed by atoms with Crippen molar-refractivity contribution in [2.24, 2.45) is 0 Å². The fourth-order valence-corrected chi connectivity index (χ4v) is 1.63. The normalized spacial score (nSPS) is 10.2. The van der Waals surface area contributed by atoms with Crippen LogP contribution < -0.4 is 5.32 Å². The predicted octanol–water partition coefficient (Wildman–Crippen LogP) is 1.49. The van der Waals surface area contributed by atoms with Crippen LogP contribution in [-0.2, 0) is 0 Å². The van der Waals surface area contributed by atoms with Crippen molar-refractivity contribution in [3.05, 3.63) is 17.8 Å². The number of hydrogen-bond acceptors (Lipinski definition) is 5. The van der Waals surface area contributed by atoms with Crippen LogP contribution in [0.2, 0.25) is 0 Å². The Balaban J connectivity index is 2.42. The third-order valence-corrected chi connectivity index (χ3v) is 2.55. The van der Waals surface area contributed by atoms with Gasteiger partial charge in [0.05, 0.1) is 11.8 Å². The molecule has 1 rings (SSSR count). The van der Waals surface area contributed by atoms with E-state index in [2.05, 4.69) is 40.3 Å². The van der Waals surface area contributed by atoms with E-state index in [0.717, 1.165) is 32.6 Å². The number of rotatable bonds is 7. The smallest absolute Gasteiger partial charge is 0.166 e. The van der Waals surface area contributed by atoms with Crippen molar-refractivity contribution in [3.63, 3.8) is 0 Å². The van der Waals surface area contributed by atoms with Gasteiger partial charge in [-0.3, -0.25) is 0 Å². The van der Waals surface area contributed by atoms with Crippen molar-refractivity contribution in [3.8, 4) is 6.07 Å². The largest absolute Gasteiger partial charge is 0.366 e. The highest BCUT2D eigenvalue weighted by Gasteiger charge is 2.04. The molecule has 0 aliphatic carbocycles. The summed E-state index contributed by atoms with van der Waals surface area (Å²) in [4.78, 5) is 2.36. The minimum absolute atomic E-state index is 0.540. The highest BCUT2D eigenvalue weighted by Crippen LogP contribution is 2.07. The molecule has 1 aromatic rings. The molecule has 1 N–H and O–H groups in total. The molecule has 0 unspecified atom stereocenters. The van der Waals surface area contributed by atoms with E-state index in [1.165, 1.54) is 6.20 Å². The van der Waals surface area contributed by atoms with E-state index in [1.807, 2.05) is 0 Å². The Morgan fingerprint density at radius 1 is 1.41 bits per heavy atom. The molecule has 0 aliphatic rings. The molecule has 0 aromatic carbocycles. The minimum atomic E-state index is 0.540. The fraction of sp³-hybridized carbons (Fsp3) is 0.583. The lowest BCUT2D eigenvalue weighted by molar-refractivity contribution is 0.300. The molecular weight excluding hydrogens is 214 g/mol. The number of likely N-dealkylation sites (N-methyl/N-ethyl adjacent to an activating group) is 1. The molecule has 0 radical (unpaired) electrons. The number of nitriles is 1. The second-order valence-corrected chi connectivity index (χ2v) is 3.77. The second kappa shape index (κ2) is 7.58. The molecule has 0 bridgehead atoms. The third kappa shape index (κ3) is 4.37. The summed E-state index contributed by atoms with van der Waals surface area (Å²) in [6, 6.07) is 3.76. The van der Waals surface area contributed by atoms with E-state index < -0.39 is 0 Å². The standard InChI is InChI=1S/C12H19N5/c1-3-8-17(4-2)9-7-14-12-11(10-13)5-6-15-16-12/h5-6H,3-4,7-9H2,1-2H3,(H,14,16). The van der Waals surface area contributed by atoms with Crippen LogP contribution in [-0.4, -0.2) is 41.3 Å². The summed E-state index contributed by atoms with van der Waals surface area (Å²) in [7, 11) is 0. The monoisotopic (exact) mass is 233 g/mol. The number of hydrogen-bond donors (Lipinski definition) is 1. The molecule has 17 heavy (non-hydrogen) atoms. The summed E-state index contributed by atoms with van der Waals surface area (Å²) >= 11 is 0. The molecule has 0 saturated carbocycles. The van der Waals surface area contributed by atoms with Crippen molar-refractivity contribution in [2.45, 2.75) is 20.3 Å². The maximum Gasteiger partial charge on any atom is 0.166 e. The molecule has 0 atom stereocenters.